The molecule has 4 nitrogen and oxygen atoms in total. The zero-order chi connectivity index (χ0) is 15.8. The quantitative estimate of drug-likeness (QED) is 0.898. The van der Waals surface area contributed by atoms with Crippen molar-refractivity contribution in [2.45, 2.75) is 51.0 Å². The van der Waals surface area contributed by atoms with Crippen LogP contribution in [0.2, 0.25) is 0 Å². The van der Waals surface area contributed by atoms with E-state index in [2.05, 4.69) is 10.6 Å². The summed E-state index contributed by atoms with van der Waals surface area (Å²) < 4.78 is 13.5. The van der Waals surface area contributed by atoms with Crippen molar-refractivity contribution in [1.82, 2.24) is 10.6 Å². The molecule has 0 saturated heterocycles. The Morgan fingerprint density at radius 1 is 1.05 bits per heavy atom. The Balaban J connectivity index is 1.77. The molecule has 22 heavy (non-hydrogen) atoms. The number of benzene rings is 1. The third-order valence-electron chi connectivity index (χ3n) is 4.00. The van der Waals surface area contributed by atoms with Crippen LogP contribution in [0.3, 0.4) is 0 Å². The molecule has 0 atom stereocenters. The highest BCUT2D eigenvalue weighted by atomic mass is 19.1. The molecule has 1 aromatic carbocycles. The van der Waals surface area contributed by atoms with Crippen molar-refractivity contribution in [3.8, 4) is 0 Å². The molecule has 0 heterocycles. The van der Waals surface area contributed by atoms with Crippen molar-refractivity contribution in [2.24, 2.45) is 0 Å². The minimum Gasteiger partial charge on any atom is -0.352 e. The predicted octanol–water partition coefficient (Wildman–Crippen LogP) is 2.78. The topological polar surface area (TPSA) is 58.2 Å². The van der Waals surface area contributed by atoms with Gasteiger partial charge in [-0.3, -0.25) is 9.59 Å². The van der Waals surface area contributed by atoms with Gasteiger partial charge in [-0.1, -0.05) is 44.2 Å². The highest BCUT2D eigenvalue weighted by Crippen LogP contribution is 2.16. The molecule has 5 heteroatoms. The van der Waals surface area contributed by atoms with Crippen LogP contribution in [0.1, 0.15) is 55.3 Å². The molecular weight excluding hydrogens is 283 g/mol. The Hall–Kier alpha value is -1.91. The second kappa shape index (κ2) is 8.51. The lowest BCUT2D eigenvalue weighted by atomic mass is 9.97. The van der Waals surface area contributed by atoms with Crippen molar-refractivity contribution < 1.29 is 14.0 Å². The van der Waals surface area contributed by atoms with E-state index in [1.54, 1.807) is 6.07 Å². The molecule has 0 spiro atoms. The molecule has 1 aromatic rings. The minimum atomic E-state index is -0.583. The summed E-state index contributed by atoms with van der Waals surface area (Å²) in [6.07, 6.45) is 7.96. The summed E-state index contributed by atoms with van der Waals surface area (Å²) in [7, 11) is 0. The highest BCUT2D eigenvalue weighted by molar-refractivity contribution is 5.96. The normalized spacial score (nSPS) is 16.4. The van der Waals surface area contributed by atoms with Gasteiger partial charge in [-0.25, -0.2) is 4.39 Å². The summed E-state index contributed by atoms with van der Waals surface area (Å²) >= 11 is 0. The average Bonchev–Trinajstić information content (AvgIpc) is 2.48. The van der Waals surface area contributed by atoms with Crippen LogP contribution in [0, 0.1) is 5.82 Å². The summed E-state index contributed by atoms with van der Waals surface area (Å²) in [5.74, 6) is -1.36. The third-order valence-corrected chi connectivity index (χ3v) is 4.00. The van der Waals surface area contributed by atoms with Crippen LogP contribution < -0.4 is 10.6 Å². The van der Waals surface area contributed by atoms with E-state index in [4.69, 9.17) is 0 Å². The molecule has 1 aliphatic rings. The number of hydrogen-bond acceptors (Lipinski definition) is 2. The van der Waals surface area contributed by atoms with E-state index in [1.165, 1.54) is 37.5 Å². The molecule has 0 radical (unpaired) electrons. The molecule has 0 aromatic heterocycles. The van der Waals surface area contributed by atoms with Crippen molar-refractivity contribution in [2.75, 3.05) is 6.54 Å². The maximum absolute atomic E-state index is 13.5. The van der Waals surface area contributed by atoms with E-state index in [1.807, 2.05) is 0 Å². The van der Waals surface area contributed by atoms with Gasteiger partial charge in [0, 0.05) is 6.04 Å². The SMILES string of the molecule is O=C(CNC(=O)c1ccccc1F)NC1CCCCCCC1. The Bertz CT molecular complexity index is 511. The van der Waals surface area contributed by atoms with Gasteiger partial charge in [-0.15, -0.1) is 0 Å². The van der Waals surface area contributed by atoms with Crippen LogP contribution in [-0.4, -0.2) is 24.4 Å². The molecule has 1 saturated carbocycles. The van der Waals surface area contributed by atoms with Crippen molar-refractivity contribution in [3.05, 3.63) is 35.6 Å². The van der Waals surface area contributed by atoms with E-state index >= 15 is 0 Å². The molecule has 0 unspecified atom stereocenters. The summed E-state index contributed by atoms with van der Waals surface area (Å²) in [6, 6.07) is 5.93. The van der Waals surface area contributed by atoms with E-state index in [-0.39, 0.29) is 24.1 Å². The number of nitrogens with one attached hydrogen (secondary N) is 2. The molecular formula is C17H23FN2O2. The fourth-order valence-corrected chi connectivity index (χ4v) is 2.78. The van der Waals surface area contributed by atoms with Crippen LogP contribution in [0.15, 0.2) is 24.3 Å². The van der Waals surface area contributed by atoms with Gasteiger partial charge in [0.25, 0.3) is 5.91 Å². The van der Waals surface area contributed by atoms with Crippen LogP contribution in [0.25, 0.3) is 0 Å². The fraction of sp³-hybridized carbons (Fsp3) is 0.529. The standard InChI is InChI=1S/C17H23FN2O2/c18-15-11-7-6-10-14(15)17(22)19-12-16(21)20-13-8-4-2-1-3-5-9-13/h6-7,10-11,13H,1-5,8-9,12H2,(H,19,22)(H,20,21). The van der Waals surface area contributed by atoms with Crippen LogP contribution in [0.5, 0.6) is 0 Å². The summed E-state index contributed by atoms with van der Waals surface area (Å²) in [6.45, 7) is -0.121. The zero-order valence-corrected chi connectivity index (χ0v) is 12.7. The predicted molar refractivity (Wildman–Crippen MR) is 83.0 cm³/mol. The third kappa shape index (κ3) is 5.13. The Labute approximate surface area is 130 Å². The first-order valence-corrected chi connectivity index (χ1v) is 7.99. The highest BCUT2D eigenvalue weighted by Gasteiger charge is 2.16. The van der Waals surface area contributed by atoms with E-state index in [0.717, 1.165) is 25.7 Å². The molecule has 0 bridgehead atoms. The van der Waals surface area contributed by atoms with Gasteiger partial charge >= 0.3 is 0 Å². The first-order chi connectivity index (χ1) is 10.7. The molecule has 1 fully saturated rings. The molecule has 1 aliphatic carbocycles. The summed E-state index contributed by atoms with van der Waals surface area (Å²) in [5, 5.41) is 5.43. The lowest BCUT2D eigenvalue weighted by Gasteiger charge is -2.21. The second-order valence-corrected chi connectivity index (χ2v) is 5.77. The van der Waals surface area contributed by atoms with Crippen LogP contribution in [0.4, 0.5) is 4.39 Å². The molecule has 120 valence electrons. The van der Waals surface area contributed by atoms with Crippen LogP contribution >= 0.6 is 0 Å². The van der Waals surface area contributed by atoms with E-state index in [9.17, 15) is 14.0 Å². The van der Waals surface area contributed by atoms with E-state index < -0.39 is 11.7 Å². The molecule has 2 amide bonds. The van der Waals surface area contributed by atoms with Crippen molar-refractivity contribution in [3.63, 3.8) is 0 Å². The van der Waals surface area contributed by atoms with Gasteiger partial charge in [0.05, 0.1) is 12.1 Å². The van der Waals surface area contributed by atoms with E-state index in [0.29, 0.717) is 0 Å². The number of amides is 2. The Morgan fingerprint density at radius 3 is 2.36 bits per heavy atom. The first-order valence-electron chi connectivity index (χ1n) is 7.99. The maximum atomic E-state index is 13.5. The zero-order valence-electron chi connectivity index (χ0n) is 12.7. The van der Waals surface area contributed by atoms with Crippen molar-refractivity contribution in [1.29, 1.82) is 0 Å². The van der Waals surface area contributed by atoms with Crippen LogP contribution in [-0.2, 0) is 4.79 Å². The largest absolute Gasteiger partial charge is 0.352 e. The molecule has 2 rings (SSSR count). The van der Waals surface area contributed by atoms with Gasteiger partial charge in [0.2, 0.25) is 5.91 Å². The Kier molecular flexibility index (Phi) is 6.37. The minimum absolute atomic E-state index is 0.0405. The average molecular weight is 306 g/mol. The number of halogens is 1. The molecule has 0 aliphatic heterocycles. The number of hydrogen-bond donors (Lipinski definition) is 2. The van der Waals surface area contributed by atoms with Gasteiger partial charge in [-0.2, -0.15) is 0 Å². The number of rotatable bonds is 4. The smallest absolute Gasteiger partial charge is 0.254 e. The fourth-order valence-electron chi connectivity index (χ4n) is 2.78. The first kappa shape index (κ1) is 16.5. The van der Waals surface area contributed by atoms with Gasteiger partial charge < -0.3 is 10.6 Å². The second-order valence-electron chi connectivity index (χ2n) is 5.77. The Morgan fingerprint density at radius 2 is 1.68 bits per heavy atom. The maximum Gasteiger partial charge on any atom is 0.254 e. The lowest BCUT2D eigenvalue weighted by Crippen LogP contribution is -2.42. The van der Waals surface area contributed by atoms with Crippen molar-refractivity contribution >= 4 is 11.8 Å². The van der Waals surface area contributed by atoms with Gasteiger partial charge in [-0.05, 0) is 25.0 Å². The van der Waals surface area contributed by atoms with Gasteiger partial charge in [0.1, 0.15) is 5.82 Å². The number of carbonyl (C=O) groups is 2. The molecule has 2 N–H and O–H groups in total. The summed E-state index contributed by atoms with van der Waals surface area (Å²) in [4.78, 5) is 23.7. The van der Waals surface area contributed by atoms with Gasteiger partial charge in [0.15, 0.2) is 0 Å². The lowest BCUT2D eigenvalue weighted by molar-refractivity contribution is -0.120. The monoisotopic (exact) mass is 306 g/mol. The number of carbonyl (C=O) groups excluding carboxylic acids is 2. The summed E-state index contributed by atoms with van der Waals surface area (Å²) in [5.41, 5.74) is -0.0405.